The second-order valence-electron chi connectivity index (χ2n) is 5.30. The molecular weight excluding hydrogens is 285 g/mol. The van der Waals surface area contributed by atoms with Crippen LogP contribution >= 0.6 is 0 Å². The van der Waals surface area contributed by atoms with Crippen molar-refractivity contribution in [2.24, 2.45) is 0 Å². The van der Waals surface area contributed by atoms with E-state index in [1.54, 1.807) is 26.8 Å². The lowest BCUT2D eigenvalue weighted by atomic mass is 10.1. The lowest BCUT2D eigenvalue weighted by molar-refractivity contribution is -0.137. The Labute approximate surface area is 121 Å². The second kappa shape index (κ2) is 6.65. The van der Waals surface area contributed by atoms with E-state index in [1.807, 2.05) is 0 Å². The predicted octanol–water partition coefficient (Wildman–Crippen LogP) is 4.67. The number of alkyl halides is 3. The summed E-state index contributed by atoms with van der Waals surface area (Å²) in [5.41, 5.74) is -0.755. The summed E-state index contributed by atoms with van der Waals surface area (Å²) in [6, 6.07) is 4.67. The molecule has 0 atom stereocenters. The van der Waals surface area contributed by atoms with E-state index < -0.39 is 23.5 Å². The van der Waals surface area contributed by atoms with Crippen molar-refractivity contribution in [3.63, 3.8) is 0 Å². The molecule has 0 amide bonds. The fraction of sp³-hybridized carbons (Fsp3) is 0.400. The van der Waals surface area contributed by atoms with Gasteiger partial charge < -0.3 is 9.47 Å². The van der Waals surface area contributed by atoms with Gasteiger partial charge in [0.2, 0.25) is 0 Å². The first kappa shape index (κ1) is 17.1. The summed E-state index contributed by atoms with van der Waals surface area (Å²) in [6.07, 6.45) is -2.06. The Hall–Kier alpha value is -1.98. The molecule has 3 nitrogen and oxygen atoms in total. The van der Waals surface area contributed by atoms with Gasteiger partial charge in [0.1, 0.15) is 12.2 Å². The average molecular weight is 302 g/mol. The second-order valence-corrected chi connectivity index (χ2v) is 5.30. The molecule has 0 radical (unpaired) electrons. The minimum Gasteiger partial charge on any atom is -0.430 e. The zero-order chi connectivity index (χ0) is 16.1. The predicted molar refractivity (Wildman–Crippen MR) is 72.7 cm³/mol. The lowest BCUT2D eigenvalue weighted by Gasteiger charge is -2.18. The van der Waals surface area contributed by atoms with Crippen molar-refractivity contribution in [3.05, 3.63) is 41.5 Å². The largest absolute Gasteiger partial charge is 0.509 e. The fourth-order valence-electron chi connectivity index (χ4n) is 1.36. The highest BCUT2D eigenvalue weighted by molar-refractivity contribution is 5.61. The quantitative estimate of drug-likeness (QED) is 0.761. The standard InChI is InChI=1S/C15H17F3O3/c1-14(2,3)21-13(19)20-10-4-5-11-6-8-12(9-7-11)15(16,17)18/h4-9H,10H2,1-3H3/b5-4+. The molecule has 0 fully saturated rings. The van der Waals surface area contributed by atoms with E-state index in [-0.39, 0.29) is 6.61 Å². The first-order valence-corrected chi connectivity index (χ1v) is 6.27. The highest BCUT2D eigenvalue weighted by Crippen LogP contribution is 2.29. The van der Waals surface area contributed by atoms with Gasteiger partial charge in [-0.15, -0.1) is 0 Å². The molecule has 0 aliphatic carbocycles. The molecule has 0 aliphatic rings. The molecule has 21 heavy (non-hydrogen) atoms. The first-order valence-electron chi connectivity index (χ1n) is 6.27. The Bertz CT molecular complexity index is 496. The van der Waals surface area contributed by atoms with Crippen LogP contribution in [-0.4, -0.2) is 18.4 Å². The van der Waals surface area contributed by atoms with Gasteiger partial charge >= 0.3 is 12.3 Å². The van der Waals surface area contributed by atoms with Crippen LogP contribution in [0.25, 0.3) is 6.08 Å². The number of rotatable bonds is 3. The molecule has 0 saturated carbocycles. The van der Waals surface area contributed by atoms with Crippen LogP contribution in [-0.2, 0) is 15.7 Å². The highest BCUT2D eigenvalue weighted by Gasteiger charge is 2.29. The summed E-state index contributed by atoms with van der Waals surface area (Å²) < 4.78 is 46.8. The SMILES string of the molecule is CC(C)(C)OC(=O)OC/C=C/c1ccc(C(F)(F)F)cc1. The number of ether oxygens (including phenoxy) is 2. The molecule has 1 rings (SSSR count). The maximum absolute atomic E-state index is 12.4. The molecule has 116 valence electrons. The van der Waals surface area contributed by atoms with Gasteiger partial charge in [-0.3, -0.25) is 0 Å². The van der Waals surface area contributed by atoms with Gasteiger partial charge in [-0.05, 0) is 44.5 Å². The van der Waals surface area contributed by atoms with E-state index in [0.717, 1.165) is 12.1 Å². The minimum atomic E-state index is -4.35. The smallest absolute Gasteiger partial charge is 0.430 e. The summed E-state index contributed by atoms with van der Waals surface area (Å²) in [4.78, 5) is 11.2. The maximum atomic E-state index is 12.4. The van der Waals surface area contributed by atoms with Crippen LogP contribution in [0.4, 0.5) is 18.0 Å². The maximum Gasteiger partial charge on any atom is 0.509 e. The van der Waals surface area contributed by atoms with Crippen LogP contribution in [0.15, 0.2) is 30.3 Å². The Kier molecular flexibility index (Phi) is 5.41. The fourth-order valence-corrected chi connectivity index (χ4v) is 1.36. The van der Waals surface area contributed by atoms with E-state index in [2.05, 4.69) is 0 Å². The van der Waals surface area contributed by atoms with Crippen LogP contribution in [0.1, 0.15) is 31.9 Å². The number of carbonyl (C=O) groups excluding carboxylic acids is 1. The monoisotopic (exact) mass is 302 g/mol. The number of halogens is 3. The molecule has 0 unspecified atom stereocenters. The molecule has 0 heterocycles. The van der Waals surface area contributed by atoms with Crippen molar-refractivity contribution in [2.45, 2.75) is 32.5 Å². The average Bonchev–Trinajstić information content (AvgIpc) is 2.32. The molecule has 1 aromatic carbocycles. The molecule has 0 N–H and O–H groups in total. The van der Waals surface area contributed by atoms with Crippen molar-refractivity contribution >= 4 is 12.2 Å². The van der Waals surface area contributed by atoms with Crippen molar-refractivity contribution in [3.8, 4) is 0 Å². The van der Waals surface area contributed by atoms with E-state index in [0.29, 0.717) is 5.56 Å². The number of carbonyl (C=O) groups is 1. The van der Waals surface area contributed by atoms with Crippen LogP contribution < -0.4 is 0 Å². The first-order chi connectivity index (χ1) is 9.58. The van der Waals surface area contributed by atoms with E-state index in [9.17, 15) is 18.0 Å². The third-order valence-corrected chi connectivity index (χ3v) is 2.24. The van der Waals surface area contributed by atoms with Gasteiger partial charge in [-0.2, -0.15) is 13.2 Å². The zero-order valence-electron chi connectivity index (χ0n) is 12.0. The molecule has 6 heteroatoms. The number of hydrogen-bond acceptors (Lipinski definition) is 3. The molecule has 0 bridgehead atoms. The highest BCUT2D eigenvalue weighted by atomic mass is 19.4. The summed E-state index contributed by atoms with van der Waals surface area (Å²) in [7, 11) is 0. The minimum absolute atomic E-state index is 0.0179. The Morgan fingerprint density at radius 2 is 1.71 bits per heavy atom. The molecule has 1 aromatic rings. The number of hydrogen-bond donors (Lipinski definition) is 0. The Balaban J connectivity index is 2.46. The van der Waals surface area contributed by atoms with E-state index >= 15 is 0 Å². The van der Waals surface area contributed by atoms with Crippen LogP contribution in [0, 0.1) is 0 Å². The summed E-state index contributed by atoms with van der Waals surface area (Å²) in [5, 5.41) is 0. The summed E-state index contributed by atoms with van der Waals surface area (Å²) >= 11 is 0. The normalized spacial score (nSPS) is 12.5. The third-order valence-electron chi connectivity index (χ3n) is 2.24. The van der Waals surface area contributed by atoms with Gasteiger partial charge in [0, 0.05) is 0 Å². The van der Waals surface area contributed by atoms with E-state index in [1.165, 1.54) is 18.2 Å². The molecule has 0 spiro atoms. The van der Waals surface area contributed by atoms with E-state index in [4.69, 9.17) is 9.47 Å². The molecule has 0 saturated heterocycles. The molecule has 0 aromatic heterocycles. The molecule has 0 aliphatic heterocycles. The van der Waals surface area contributed by atoms with Gasteiger partial charge in [0.05, 0.1) is 5.56 Å². The van der Waals surface area contributed by atoms with Gasteiger partial charge in [-0.25, -0.2) is 4.79 Å². The Morgan fingerprint density at radius 1 is 1.14 bits per heavy atom. The van der Waals surface area contributed by atoms with Crippen molar-refractivity contribution in [1.82, 2.24) is 0 Å². The summed E-state index contributed by atoms with van der Waals surface area (Å²) in [6.45, 7) is 5.13. The van der Waals surface area contributed by atoms with Crippen LogP contribution in [0.3, 0.4) is 0 Å². The zero-order valence-corrected chi connectivity index (χ0v) is 12.0. The molecular formula is C15H17F3O3. The lowest BCUT2D eigenvalue weighted by Crippen LogP contribution is -2.24. The van der Waals surface area contributed by atoms with Crippen molar-refractivity contribution in [2.75, 3.05) is 6.61 Å². The van der Waals surface area contributed by atoms with Gasteiger partial charge in [0.25, 0.3) is 0 Å². The number of benzene rings is 1. The third kappa shape index (κ3) is 6.83. The van der Waals surface area contributed by atoms with Crippen LogP contribution in [0.5, 0.6) is 0 Å². The van der Waals surface area contributed by atoms with Crippen molar-refractivity contribution < 1.29 is 27.4 Å². The van der Waals surface area contributed by atoms with Crippen molar-refractivity contribution in [1.29, 1.82) is 0 Å². The van der Waals surface area contributed by atoms with Crippen LogP contribution in [0.2, 0.25) is 0 Å². The topological polar surface area (TPSA) is 35.5 Å². The van der Waals surface area contributed by atoms with Gasteiger partial charge in [0.15, 0.2) is 0 Å². The van der Waals surface area contributed by atoms with Gasteiger partial charge in [-0.1, -0.05) is 18.2 Å². The summed E-state index contributed by atoms with van der Waals surface area (Å²) in [5.74, 6) is 0. The Morgan fingerprint density at radius 3 is 2.19 bits per heavy atom.